The van der Waals surface area contributed by atoms with E-state index in [1.165, 1.54) is 5.56 Å². The van der Waals surface area contributed by atoms with Gasteiger partial charge in [-0.25, -0.2) is 4.98 Å². The predicted octanol–water partition coefficient (Wildman–Crippen LogP) is 2.62. The number of aryl methyl sites for hydroxylation is 2. The predicted molar refractivity (Wildman–Crippen MR) is 71.5 cm³/mol. The van der Waals surface area contributed by atoms with Gasteiger partial charge in [0.15, 0.2) is 8.46 Å². The number of ketones is 1. The van der Waals surface area contributed by atoms with Crippen molar-refractivity contribution in [1.29, 1.82) is 0 Å². The molecule has 1 N–H and O–H groups in total. The zero-order valence-corrected chi connectivity index (χ0v) is 11.2. The Morgan fingerprint density at radius 1 is 1.44 bits per heavy atom. The van der Waals surface area contributed by atoms with Crippen molar-refractivity contribution >= 4 is 20.1 Å². The Morgan fingerprint density at radius 2 is 2.33 bits per heavy atom. The lowest BCUT2D eigenvalue weighted by Crippen LogP contribution is -2.14. The van der Waals surface area contributed by atoms with E-state index >= 15 is 0 Å². The Hall–Kier alpha value is -1.28. The van der Waals surface area contributed by atoms with Crippen LogP contribution in [0.15, 0.2) is 12.1 Å². The molecule has 1 aliphatic heterocycles. The van der Waals surface area contributed by atoms with Gasteiger partial charge in [0, 0.05) is 18.7 Å². The van der Waals surface area contributed by atoms with E-state index in [2.05, 4.69) is 16.4 Å². The summed E-state index contributed by atoms with van der Waals surface area (Å²) < 4.78 is 10.3. The van der Waals surface area contributed by atoms with Gasteiger partial charge in [-0.1, -0.05) is 6.07 Å². The largest absolute Gasteiger partial charge is 0.370 e. The number of rotatable bonds is 6. The summed E-state index contributed by atoms with van der Waals surface area (Å²) in [4.78, 5) is 15.8. The second-order valence-corrected chi connectivity index (χ2v) is 5.09. The van der Waals surface area contributed by atoms with Crippen LogP contribution >= 0.6 is 8.46 Å². The van der Waals surface area contributed by atoms with Gasteiger partial charge in [-0.15, -0.1) is 0 Å². The minimum Gasteiger partial charge on any atom is -0.370 e. The number of fused-ring (bicyclic) bond motifs is 1. The van der Waals surface area contributed by atoms with Crippen LogP contribution in [0.4, 0.5) is 5.82 Å². The first-order chi connectivity index (χ1) is 8.79. The molecule has 0 unspecified atom stereocenters. The van der Waals surface area contributed by atoms with Gasteiger partial charge in [0.05, 0.1) is 6.16 Å². The van der Waals surface area contributed by atoms with E-state index in [1.807, 2.05) is 6.07 Å². The summed E-state index contributed by atoms with van der Waals surface area (Å²) in [6.07, 6.45) is 4.46. The number of hydrogen-bond acceptors (Lipinski definition) is 4. The minimum absolute atomic E-state index is 0.0581. The maximum atomic E-state index is 11.2. The second kappa shape index (κ2) is 6.60. The highest BCUT2D eigenvalue weighted by molar-refractivity contribution is 7.25. The molecule has 96 valence electrons. The number of carbonyl (C=O) groups is 1. The van der Waals surface area contributed by atoms with Crippen molar-refractivity contribution in [2.24, 2.45) is 0 Å². The highest BCUT2D eigenvalue weighted by Crippen LogP contribution is 2.20. The molecule has 2 heterocycles. The van der Waals surface area contributed by atoms with E-state index < -0.39 is 0 Å². The first kappa shape index (κ1) is 13.2. The highest BCUT2D eigenvalue weighted by atomic mass is 31.1. The van der Waals surface area contributed by atoms with Gasteiger partial charge in [-0.05, 0) is 37.3 Å². The van der Waals surface area contributed by atoms with Gasteiger partial charge in [-0.3, -0.25) is 9.36 Å². The summed E-state index contributed by atoms with van der Waals surface area (Å²) in [6, 6.07) is 4.17. The van der Waals surface area contributed by atoms with E-state index in [9.17, 15) is 9.36 Å². The summed E-state index contributed by atoms with van der Waals surface area (Å²) >= 11 is 0. The number of hydrogen-bond donors (Lipinski definition) is 1. The number of pyridine rings is 1. The van der Waals surface area contributed by atoms with E-state index in [0.717, 1.165) is 43.7 Å². The smallest absolute Gasteiger partial charge is 0.163 e. The van der Waals surface area contributed by atoms with E-state index in [-0.39, 0.29) is 20.4 Å². The van der Waals surface area contributed by atoms with Crippen LogP contribution in [0.25, 0.3) is 0 Å². The number of carbonyl (C=O) groups excluding carboxylic acids is 1. The Morgan fingerprint density at radius 3 is 3.17 bits per heavy atom. The van der Waals surface area contributed by atoms with Crippen LogP contribution in [0.3, 0.4) is 0 Å². The van der Waals surface area contributed by atoms with Crippen LogP contribution in [-0.2, 0) is 22.2 Å². The molecule has 5 heteroatoms. The molecule has 1 aromatic heterocycles. The maximum absolute atomic E-state index is 11.2. The third-order valence-corrected chi connectivity index (χ3v) is 3.56. The fourth-order valence-corrected chi connectivity index (χ4v) is 2.43. The van der Waals surface area contributed by atoms with Gasteiger partial charge >= 0.3 is 0 Å². The lowest BCUT2D eigenvalue weighted by atomic mass is 10.1. The molecule has 0 fully saturated rings. The van der Waals surface area contributed by atoms with Crippen molar-refractivity contribution in [3.05, 3.63) is 23.4 Å². The number of aromatic nitrogens is 1. The quantitative estimate of drug-likeness (QED) is 0.802. The Kier molecular flexibility index (Phi) is 4.82. The average molecular weight is 264 g/mol. The highest BCUT2D eigenvalue weighted by Gasteiger charge is 2.10. The third-order valence-electron chi connectivity index (χ3n) is 3.08. The van der Waals surface area contributed by atoms with Gasteiger partial charge < -0.3 is 5.32 Å². The molecule has 1 aromatic rings. The standard InChI is InChI=1S/C13H17N2O2P/c16-12(9-18-17)5-1-4-11-7-6-10-3-2-8-14-13(10)15-11/h6-7H,1-5,8-9H2,(H,14,15). The molecule has 0 aromatic carbocycles. The molecule has 0 atom stereocenters. The lowest BCUT2D eigenvalue weighted by molar-refractivity contribution is -0.116. The molecular formula is C13H17N2O2P. The summed E-state index contributed by atoms with van der Waals surface area (Å²) in [5.41, 5.74) is 2.31. The fourth-order valence-electron chi connectivity index (χ4n) is 2.13. The second-order valence-electron chi connectivity index (χ2n) is 4.52. The first-order valence-electron chi connectivity index (χ1n) is 6.33. The van der Waals surface area contributed by atoms with Crippen LogP contribution in [0.5, 0.6) is 0 Å². The van der Waals surface area contributed by atoms with Crippen LogP contribution < -0.4 is 5.32 Å². The normalized spacial score (nSPS) is 14.0. The summed E-state index contributed by atoms with van der Waals surface area (Å²) in [7, 11) is -0.0781. The molecule has 0 radical (unpaired) electrons. The minimum atomic E-state index is -0.0781. The molecule has 0 aliphatic carbocycles. The van der Waals surface area contributed by atoms with Crippen LogP contribution in [-0.4, -0.2) is 23.5 Å². The van der Waals surface area contributed by atoms with Crippen LogP contribution in [0, 0.1) is 0 Å². The molecule has 4 nitrogen and oxygen atoms in total. The third kappa shape index (κ3) is 3.61. The summed E-state index contributed by atoms with van der Waals surface area (Å²) in [6.45, 7) is 0.991. The van der Waals surface area contributed by atoms with Crippen molar-refractivity contribution in [3.63, 3.8) is 0 Å². The van der Waals surface area contributed by atoms with Crippen LogP contribution in [0.1, 0.15) is 30.5 Å². The average Bonchev–Trinajstić information content (AvgIpc) is 2.39. The zero-order valence-electron chi connectivity index (χ0n) is 10.3. The molecule has 0 saturated carbocycles. The lowest BCUT2D eigenvalue weighted by Gasteiger charge is -2.17. The zero-order chi connectivity index (χ0) is 12.8. The molecular weight excluding hydrogens is 247 g/mol. The van der Waals surface area contributed by atoms with E-state index in [4.69, 9.17) is 0 Å². The number of anilines is 1. The van der Waals surface area contributed by atoms with Crippen molar-refractivity contribution < 1.29 is 9.36 Å². The Balaban J connectivity index is 1.86. The van der Waals surface area contributed by atoms with Crippen LogP contribution in [0.2, 0.25) is 0 Å². The molecule has 0 bridgehead atoms. The monoisotopic (exact) mass is 264 g/mol. The molecule has 1 aliphatic rings. The first-order valence-corrected chi connectivity index (χ1v) is 7.33. The number of Topliss-reactive ketones (excluding diaryl/α,β-unsaturated/α-hetero) is 1. The number of nitrogens with one attached hydrogen (secondary N) is 1. The van der Waals surface area contributed by atoms with Crippen molar-refractivity contribution in [2.75, 3.05) is 18.0 Å². The molecule has 18 heavy (non-hydrogen) atoms. The van der Waals surface area contributed by atoms with Gasteiger partial charge in [0.2, 0.25) is 0 Å². The number of nitrogens with zero attached hydrogens (tertiary/aromatic N) is 1. The molecule has 2 rings (SSSR count). The Labute approximate surface area is 108 Å². The van der Waals surface area contributed by atoms with E-state index in [1.54, 1.807) is 0 Å². The van der Waals surface area contributed by atoms with Gasteiger partial charge in [-0.2, -0.15) is 0 Å². The molecule has 0 saturated heterocycles. The summed E-state index contributed by atoms with van der Waals surface area (Å²) in [5.74, 6) is 1.06. The maximum Gasteiger partial charge on any atom is 0.163 e. The van der Waals surface area contributed by atoms with E-state index in [0.29, 0.717) is 6.42 Å². The summed E-state index contributed by atoms with van der Waals surface area (Å²) in [5, 5.41) is 3.30. The Bertz CT molecular complexity index is 449. The van der Waals surface area contributed by atoms with Crippen molar-refractivity contribution in [1.82, 2.24) is 4.98 Å². The van der Waals surface area contributed by atoms with Crippen molar-refractivity contribution in [2.45, 2.75) is 32.1 Å². The fraction of sp³-hybridized carbons (Fsp3) is 0.538. The topological polar surface area (TPSA) is 59.1 Å². The van der Waals surface area contributed by atoms with Crippen molar-refractivity contribution in [3.8, 4) is 0 Å². The molecule has 0 amide bonds. The van der Waals surface area contributed by atoms with Gasteiger partial charge in [0.25, 0.3) is 0 Å². The SMILES string of the molecule is O=PCC(=O)CCCc1ccc2c(n1)NCCC2. The molecule has 0 spiro atoms. The van der Waals surface area contributed by atoms with Gasteiger partial charge in [0.1, 0.15) is 11.6 Å².